The molecule has 16 heteroatoms. The van der Waals surface area contributed by atoms with Gasteiger partial charge in [-0.05, 0) is 108 Å². The second-order valence-corrected chi connectivity index (χ2v) is 20.0. The number of rotatable bonds is 12. The zero-order valence-corrected chi connectivity index (χ0v) is 39.7. The predicted octanol–water partition coefficient (Wildman–Crippen LogP) is 2.98. The number of carbonyl (C=O) groups excluding carboxylic acids is 2. The first-order chi connectivity index (χ1) is 28.4. The zero-order chi connectivity index (χ0) is 45.8. The summed E-state index contributed by atoms with van der Waals surface area (Å²) in [6.07, 6.45) is -4.91. The largest absolute Gasteiger partial charge is 0.459 e. The van der Waals surface area contributed by atoms with E-state index < -0.39 is 102 Å². The minimum Gasteiger partial charge on any atom is -0.459 e. The number of nitrogens with zero attached hydrogens (tertiary/aromatic N) is 2. The standard InChI is InChI=1S/C45H83N3O13/c1-15-33-45(10,54)40(59-34(49)19-20-46-31-17-16-18-31)29(6)48(13)24-25(2)22-43(8,53)39(61-42-36(50)32(47(11)12)21-26(3)56-42)27(4)37(28(5)41(52)58-33)60-35-23-44(9,55-14)38(51)30(7)57-35/h25-33,35-40,42,46,50-51,53-54H,15-24H2,1-14H3/t25-,26-,27+,28-,29+,30+,32+,33+,35+,36-,37+,38+,39-,40-,42+,43+,44-,45-/m1/s1. The van der Waals surface area contributed by atoms with Crippen molar-refractivity contribution in [3.63, 3.8) is 0 Å². The Labute approximate surface area is 365 Å². The van der Waals surface area contributed by atoms with Gasteiger partial charge in [0.2, 0.25) is 0 Å². The Bertz CT molecular complexity index is 1400. The molecule has 4 rings (SSSR count). The summed E-state index contributed by atoms with van der Waals surface area (Å²) >= 11 is 0. The third-order valence-corrected chi connectivity index (χ3v) is 14.3. The first-order valence-corrected chi connectivity index (χ1v) is 22.8. The van der Waals surface area contributed by atoms with Gasteiger partial charge < -0.3 is 63.8 Å². The van der Waals surface area contributed by atoms with Crippen molar-refractivity contribution in [2.24, 2.45) is 17.8 Å². The first kappa shape index (κ1) is 52.1. The van der Waals surface area contributed by atoms with Crippen LogP contribution in [-0.2, 0) is 42.7 Å². The Hall–Kier alpha value is -1.54. The molecule has 0 radical (unpaired) electrons. The van der Waals surface area contributed by atoms with Crippen LogP contribution in [0, 0.1) is 17.8 Å². The van der Waals surface area contributed by atoms with Gasteiger partial charge in [-0.25, -0.2) is 0 Å². The molecule has 0 spiro atoms. The summed E-state index contributed by atoms with van der Waals surface area (Å²) in [6.45, 7) is 18.7. The molecule has 0 unspecified atom stereocenters. The van der Waals surface area contributed by atoms with Crippen LogP contribution < -0.4 is 5.32 Å². The molecule has 0 aromatic rings. The van der Waals surface area contributed by atoms with E-state index in [9.17, 15) is 30.0 Å². The van der Waals surface area contributed by atoms with Crippen molar-refractivity contribution in [2.75, 3.05) is 41.3 Å². The number of methoxy groups -OCH3 is 1. The molecule has 3 saturated heterocycles. The van der Waals surface area contributed by atoms with Gasteiger partial charge in [-0.3, -0.25) is 14.5 Å². The van der Waals surface area contributed by atoms with Crippen LogP contribution in [-0.4, -0.2) is 180 Å². The molecule has 5 N–H and O–H groups in total. The summed E-state index contributed by atoms with van der Waals surface area (Å²) in [4.78, 5) is 32.0. The van der Waals surface area contributed by atoms with Crippen molar-refractivity contribution >= 4 is 11.9 Å². The van der Waals surface area contributed by atoms with E-state index in [4.69, 9.17) is 33.2 Å². The van der Waals surface area contributed by atoms with Crippen molar-refractivity contribution in [1.82, 2.24) is 15.1 Å². The van der Waals surface area contributed by atoms with Gasteiger partial charge in [-0.1, -0.05) is 27.2 Å². The van der Waals surface area contributed by atoms with Gasteiger partial charge in [0.25, 0.3) is 0 Å². The predicted molar refractivity (Wildman–Crippen MR) is 228 cm³/mol. The molecule has 356 valence electrons. The number of ether oxygens (including phenoxy) is 7. The van der Waals surface area contributed by atoms with Crippen molar-refractivity contribution < 1.29 is 63.2 Å². The highest BCUT2D eigenvalue weighted by Gasteiger charge is 2.53. The maximum absolute atomic E-state index is 14.6. The van der Waals surface area contributed by atoms with Crippen LogP contribution in [0.4, 0.5) is 0 Å². The van der Waals surface area contributed by atoms with E-state index in [1.165, 1.54) is 13.5 Å². The third kappa shape index (κ3) is 12.6. The molecule has 4 fully saturated rings. The Morgan fingerprint density at radius 1 is 0.984 bits per heavy atom. The van der Waals surface area contributed by atoms with Crippen LogP contribution in [0.15, 0.2) is 0 Å². The highest BCUT2D eigenvalue weighted by atomic mass is 16.7. The van der Waals surface area contributed by atoms with Crippen LogP contribution in [0.3, 0.4) is 0 Å². The fraction of sp³-hybridized carbons (Fsp3) is 0.956. The van der Waals surface area contributed by atoms with Crippen molar-refractivity contribution in [3.05, 3.63) is 0 Å². The summed E-state index contributed by atoms with van der Waals surface area (Å²) in [7, 11) is 7.16. The molecule has 61 heavy (non-hydrogen) atoms. The average molecular weight is 874 g/mol. The third-order valence-electron chi connectivity index (χ3n) is 14.3. The molecule has 3 aliphatic heterocycles. The van der Waals surface area contributed by atoms with Crippen LogP contribution in [0.5, 0.6) is 0 Å². The number of hydrogen-bond donors (Lipinski definition) is 5. The molecule has 0 aromatic carbocycles. The second kappa shape index (κ2) is 21.6. The van der Waals surface area contributed by atoms with Gasteiger partial charge in [0.15, 0.2) is 12.6 Å². The van der Waals surface area contributed by atoms with E-state index in [2.05, 4.69) is 5.32 Å². The van der Waals surface area contributed by atoms with Crippen molar-refractivity contribution in [1.29, 1.82) is 0 Å². The lowest BCUT2D eigenvalue weighted by Gasteiger charge is -2.48. The van der Waals surface area contributed by atoms with Crippen molar-refractivity contribution in [2.45, 2.75) is 217 Å². The van der Waals surface area contributed by atoms with Gasteiger partial charge in [-0.2, -0.15) is 0 Å². The van der Waals surface area contributed by atoms with Gasteiger partial charge in [0, 0.05) is 50.7 Å². The number of likely N-dealkylation sites (N-methyl/N-ethyl adjacent to an activating group) is 2. The molecule has 4 aliphatic rings. The number of carbonyl (C=O) groups is 2. The smallest absolute Gasteiger partial charge is 0.311 e. The summed E-state index contributed by atoms with van der Waals surface area (Å²) in [5.41, 5.74) is -4.47. The van der Waals surface area contributed by atoms with E-state index in [0.717, 1.165) is 12.8 Å². The Morgan fingerprint density at radius 2 is 1.64 bits per heavy atom. The lowest BCUT2D eigenvalue weighted by molar-refractivity contribution is -0.318. The number of aliphatic hydroxyl groups excluding tert-OH is 2. The molecule has 16 nitrogen and oxygen atoms in total. The van der Waals surface area contributed by atoms with Crippen LogP contribution in [0.1, 0.15) is 121 Å². The fourth-order valence-electron chi connectivity index (χ4n) is 10.1. The van der Waals surface area contributed by atoms with E-state index in [1.807, 2.05) is 58.6 Å². The quantitative estimate of drug-likeness (QED) is 0.179. The molecular formula is C45H83N3O13. The molecule has 18 atom stereocenters. The van der Waals surface area contributed by atoms with Crippen molar-refractivity contribution in [3.8, 4) is 0 Å². The van der Waals surface area contributed by atoms with Gasteiger partial charge >= 0.3 is 11.9 Å². The molecule has 0 amide bonds. The monoisotopic (exact) mass is 874 g/mol. The summed E-state index contributed by atoms with van der Waals surface area (Å²) < 4.78 is 44.3. The van der Waals surface area contributed by atoms with E-state index in [0.29, 0.717) is 25.6 Å². The second-order valence-electron chi connectivity index (χ2n) is 20.0. The maximum Gasteiger partial charge on any atom is 0.311 e. The number of nitrogens with one attached hydrogen (secondary N) is 1. The average Bonchev–Trinajstić information content (AvgIpc) is 3.16. The molecule has 0 aromatic heterocycles. The van der Waals surface area contributed by atoms with Crippen LogP contribution >= 0.6 is 0 Å². The van der Waals surface area contributed by atoms with Gasteiger partial charge in [0.05, 0.1) is 48.0 Å². The molecule has 1 saturated carbocycles. The van der Waals surface area contributed by atoms with Gasteiger partial charge in [0.1, 0.15) is 30.0 Å². The Balaban J connectivity index is 1.78. The van der Waals surface area contributed by atoms with Crippen LogP contribution in [0.25, 0.3) is 0 Å². The molecule has 1 aliphatic carbocycles. The molecular weight excluding hydrogens is 791 g/mol. The van der Waals surface area contributed by atoms with E-state index in [-0.39, 0.29) is 43.7 Å². The SMILES string of the molecule is CC[C@@H]1OC(=O)[C@H](C)[C@@H](O[C@H]2C[C@@](C)(OC)[C@@H](O)[C@H](C)O2)[C@H](C)[C@@H](O[C@@H]2O[C@H](C)C[C@H](N(C)C)[C@H]2O)[C@@](C)(O)C[C@@H](C)CN(C)[C@@H](C)[C@@H](OC(=O)CCNC2CCC2)[C@]1(C)O. The van der Waals surface area contributed by atoms with E-state index in [1.54, 1.807) is 41.5 Å². The normalized spacial score (nSPS) is 45.4. The minimum atomic E-state index is -1.83. The fourth-order valence-corrected chi connectivity index (χ4v) is 10.1. The number of aliphatic hydroxyl groups is 4. The van der Waals surface area contributed by atoms with Gasteiger partial charge in [-0.15, -0.1) is 0 Å². The molecule has 3 heterocycles. The van der Waals surface area contributed by atoms with E-state index >= 15 is 0 Å². The van der Waals surface area contributed by atoms with Crippen LogP contribution in [0.2, 0.25) is 0 Å². The molecule has 0 bridgehead atoms. The topological polar surface area (TPSA) is 198 Å². The number of esters is 2. The Morgan fingerprint density at radius 3 is 2.21 bits per heavy atom. The number of hydrogen-bond acceptors (Lipinski definition) is 16. The Kier molecular flexibility index (Phi) is 18.5. The number of cyclic esters (lactones) is 1. The lowest BCUT2D eigenvalue weighted by atomic mass is 9.77. The first-order valence-electron chi connectivity index (χ1n) is 22.8. The lowest BCUT2D eigenvalue weighted by Crippen LogP contribution is -2.61. The summed E-state index contributed by atoms with van der Waals surface area (Å²) in [6, 6.07) is -0.441. The zero-order valence-electron chi connectivity index (χ0n) is 39.7. The summed E-state index contributed by atoms with van der Waals surface area (Å²) in [5, 5.41) is 51.3. The highest BCUT2D eigenvalue weighted by Crippen LogP contribution is 2.40. The maximum atomic E-state index is 14.6. The minimum absolute atomic E-state index is 0.110. The summed E-state index contributed by atoms with van der Waals surface area (Å²) in [5.74, 6) is -3.19. The highest BCUT2D eigenvalue weighted by molar-refractivity contribution is 5.73.